The second kappa shape index (κ2) is 7.75. The molecular weight excluding hydrogens is 316 g/mol. The zero-order valence-corrected chi connectivity index (χ0v) is 14.6. The van der Waals surface area contributed by atoms with Crippen molar-refractivity contribution in [3.63, 3.8) is 0 Å². The summed E-state index contributed by atoms with van der Waals surface area (Å²) in [7, 11) is 0. The molecule has 0 heterocycles. The summed E-state index contributed by atoms with van der Waals surface area (Å²) >= 11 is 0. The van der Waals surface area contributed by atoms with Gasteiger partial charge in [0.15, 0.2) is 0 Å². The van der Waals surface area contributed by atoms with Crippen LogP contribution in [0.3, 0.4) is 0 Å². The number of allylic oxidation sites excluding steroid dienone is 2. The predicted octanol–water partition coefficient (Wildman–Crippen LogP) is 6.39. The van der Waals surface area contributed by atoms with Gasteiger partial charge in [-0.15, -0.1) is 0 Å². The third kappa shape index (κ3) is 4.04. The van der Waals surface area contributed by atoms with E-state index < -0.39 is 0 Å². The highest BCUT2D eigenvalue weighted by molar-refractivity contribution is 5.70. The summed E-state index contributed by atoms with van der Waals surface area (Å²) in [4.78, 5) is 0. The third-order valence-electron chi connectivity index (χ3n) is 4.50. The number of para-hydroxylation sites is 1. The lowest BCUT2D eigenvalue weighted by atomic mass is 10.0. The van der Waals surface area contributed by atoms with Crippen LogP contribution in [0.25, 0.3) is 11.1 Å². The summed E-state index contributed by atoms with van der Waals surface area (Å²) in [6.45, 7) is 0. The molecule has 3 aromatic carbocycles. The summed E-state index contributed by atoms with van der Waals surface area (Å²) in [6, 6.07) is 27.8. The number of hydrogen-bond donors (Lipinski definition) is 2. The van der Waals surface area contributed by atoms with Gasteiger partial charge in [-0.05, 0) is 53.9 Å². The van der Waals surface area contributed by atoms with E-state index in [1.165, 1.54) is 11.1 Å². The Balaban J connectivity index is 1.42. The first-order valence-electron chi connectivity index (χ1n) is 8.99. The first-order chi connectivity index (χ1) is 12.9. The summed E-state index contributed by atoms with van der Waals surface area (Å²) < 4.78 is 0. The van der Waals surface area contributed by atoms with Crippen LogP contribution < -0.4 is 10.6 Å². The Labute approximate surface area is 154 Å². The molecule has 1 atom stereocenters. The summed E-state index contributed by atoms with van der Waals surface area (Å²) in [5.74, 6) is 0. The van der Waals surface area contributed by atoms with Crippen LogP contribution in [-0.2, 0) is 0 Å². The first kappa shape index (κ1) is 16.2. The van der Waals surface area contributed by atoms with Crippen molar-refractivity contribution in [2.75, 3.05) is 10.6 Å². The van der Waals surface area contributed by atoms with Gasteiger partial charge in [0.2, 0.25) is 0 Å². The number of benzene rings is 3. The molecule has 2 nitrogen and oxygen atoms in total. The number of hydrogen-bond acceptors (Lipinski definition) is 2. The van der Waals surface area contributed by atoms with Gasteiger partial charge in [0.05, 0.1) is 0 Å². The minimum absolute atomic E-state index is 0.384. The molecule has 0 aliphatic heterocycles. The normalized spacial score (nSPS) is 15.6. The molecule has 0 bridgehead atoms. The van der Waals surface area contributed by atoms with Crippen LogP contribution in [-0.4, -0.2) is 6.04 Å². The van der Waals surface area contributed by atoms with Gasteiger partial charge in [0.1, 0.15) is 0 Å². The predicted molar refractivity (Wildman–Crippen MR) is 112 cm³/mol. The zero-order chi connectivity index (χ0) is 17.6. The van der Waals surface area contributed by atoms with Crippen LogP contribution in [0.15, 0.2) is 103 Å². The van der Waals surface area contributed by atoms with Gasteiger partial charge >= 0.3 is 0 Å². The quantitative estimate of drug-likeness (QED) is 0.563. The highest BCUT2D eigenvalue weighted by Gasteiger charge is 2.05. The van der Waals surface area contributed by atoms with Crippen molar-refractivity contribution in [2.45, 2.75) is 12.5 Å². The molecule has 0 spiro atoms. The lowest BCUT2D eigenvalue weighted by molar-refractivity contribution is 0.883. The molecule has 0 radical (unpaired) electrons. The molecule has 0 fully saturated rings. The SMILES string of the molecule is C1=CCC(Nc2ccc(-c3ccc(Nc4ccccc4)cc3)cc2)C=C1. The van der Waals surface area contributed by atoms with Crippen molar-refractivity contribution in [3.8, 4) is 11.1 Å². The number of nitrogens with one attached hydrogen (secondary N) is 2. The monoisotopic (exact) mass is 338 g/mol. The van der Waals surface area contributed by atoms with Crippen molar-refractivity contribution < 1.29 is 0 Å². The van der Waals surface area contributed by atoms with E-state index >= 15 is 0 Å². The number of anilines is 3. The van der Waals surface area contributed by atoms with Gasteiger partial charge in [0, 0.05) is 23.1 Å². The average molecular weight is 338 g/mol. The van der Waals surface area contributed by atoms with E-state index in [0.717, 1.165) is 23.5 Å². The molecule has 3 aromatic rings. The van der Waals surface area contributed by atoms with Gasteiger partial charge in [0.25, 0.3) is 0 Å². The van der Waals surface area contributed by atoms with E-state index in [2.05, 4.69) is 95.6 Å². The molecule has 0 saturated carbocycles. The van der Waals surface area contributed by atoms with E-state index in [0.29, 0.717) is 6.04 Å². The van der Waals surface area contributed by atoms with E-state index in [1.807, 2.05) is 18.2 Å². The largest absolute Gasteiger partial charge is 0.379 e. The van der Waals surface area contributed by atoms with Crippen LogP contribution in [0.2, 0.25) is 0 Å². The molecular formula is C24H22N2. The third-order valence-corrected chi connectivity index (χ3v) is 4.50. The Kier molecular flexibility index (Phi) is 4.83. The topological polar surface area (TPSA) is 24.1 Å². The molecule has 1 unspecified atom stereocenters. The summed E-state index contributed by atoms with van der Waals surface area (Å²) in [5.41, 5.74) is 5.79. The Hall–Kier alpha value is -3.26. The first-order valence-corrected chi connectivity index (χ1v) is 8.99. The minimum atomic E-state index is 0.384. The molecule has 2 heteroatoms. The molecule has 0 saturated heterocycles. The molecule has 26 heavy (non-hydrogen) atoms. The van der Waals surface area contributed by atoms with Gasteiger partial charge in [-0.1, -0.05) is 66.8 Å². The van der Waals surface area contributed by atoms with Crippen LogP contribution in [0.5, 0.6) is 0 Å². The summed E-state index contributed by atoms with van der Waals surface area (Å²) in [5, 5.41) is 6.96. The van der Waals surface area contributed by atoms with Gasteiger partial charge < -0.3 is 10.6 Å². The number of rotatable bonds is 5. The zero-order valence-electron chi connectivity index (χ0n) is 14.6. The van der Waals surface area contributed by atoms with Crippen molar-refractivity contribution >= 4 is 17.1 Å². The van der Waals surface area contributed by atoms with E-state index in [9.17, 15) is 0 Å². The Morgan fingerprint density at radius 1 is 0.615 bits per heavy atom. The van der Waals surface area contributed by atoms with Crippen LogP contribution in [0.1, 0.15) is 6.42 Å². The van der Waals surface area contributed by atoms with E-state index in [-0.39, 0.29) is 0 Å². The fourth-order valence-electron chi connectivity index (χ4n) is 3.09. The van der Waals surface area contributed by atoms with Crippen molar-refractivity contribution in [1.29, 1.82) is 0 Å². The Bertz CT molecular complexity index is 891. The minimum Gasteiger partial charge on any atom is -0.379 e. The van der Waals surface area contributed by atoms with Crippen LogP contribution in [0, 0.1) is 0 Å². The maximum atomic E-state index is 3.55. The lowest BCUT2D eigenvalue weighted by Crippen LogP contribution is -2.16. The molecule has 2 N–H and O–H groups in total. The van der Waals surface area contributed by atoms with Crippen molar-refractivity contribution in [3.05, 3.63) is 103 Å². The fourth-order valence-corrected chi connectivity index (χ4v) is 3.09. The van der Waals surface area contributed by atoms with Crippen molar-refractivity contribution in [1.82, 2.24) is 0 Å². The highest BCUT2D eigenvalue weighted by Crippen LogP contribution is 2.25. The average Bonchev–Trinajstić information content (AvgIpc) is 2.71. The molecule has 0 aromatic heterocycles. The smallest absolute Gasteiger partial charge is 0.0482 e. The fraction of sp³-hybridized carbons (Fsp3) is 0.0833. The van der Waals surface area contributed by atoms with Crippen molar-refractivity contribution in [2.24, 2.45) is 0 Å². The second-order valence-electron chi connectivity index (χ2n) is 6.45. The van der Waals surface area contributed by atoms with E-state index in [4.69, 9.17) is 0 Å². The Morgan fingerprint density at radius 2 is 1.23 bits per heavy atom. The maximum absolute atomic E-state index is 3.55. The Morgan fingerprint density at radius 3 is 1.85 bits per heavy atom. The maximum Gasteiger partial charge on any atom is 0.0482 e. The molecule has 0 amide bonds. The second-order valence-corrected chi connectivity index (χ2v) is 6.45. The van der Waals surface area contributed by atoms with Gasteiger partial charge in [-0.3, -0.25) is 0 Å². The van der Waals surface area contributed by atoms with E-state index in [1.54, 1.807) is 0 Å². The van der Waals surface area contributed by atoms with Gasteiger partial charge in [-0.2, -0.15) is 0 Å². The van der Waals surface area contributed by atoms with Crippen LogP contribution >= 0.6 is 0 Å². The standard InChI is InChI=1S/C24H22N2/c1-3-7-21(8-4-1)25-23-15-11-19(12-16-23)20-13-17-24(18-14-20)26-22-9-5-2-6-10-22/h1-9,11-18,22,25-26H,10H2. The molecule has 1 aliphatic rings. The highest BCUT2D eigenvalue weighted by atomic mass is 14.9. The molecule has 4 rings (SSSR count). The molecule has 128 valence electrons. The van der Waals surface area contributed by atoms with Gasteiger partial charge in [-0.25, -0.2) is 0 Å². The van der Waals surface area contributed by atoms with Crippen LogP contribution in [0.4, 0.5) is 17.1 Å². The molecule has 1 aliphatic carbocycles. The summed E-state index contributed by atoms with van der Waals surface area (Å²) in [6.07, 6.45) is 9.62. The lowest BCUT2D eigenvalue weighted by Gasteiger charge is -2.16.